The molecule has 0 aliphatic carbocycles. The predicted octanol–water partition coefficient (Wildman–Crippen LogP) is 4.19. The summed E-state index contributed by atoms with van der Waals surface area (Å²) in [6.45, 7) is 4.98. The summed E-state index contributed by atoms with van der Waals surface area (Å²) in [5.74, 6) is -1.14. The number of aryl methyl sites for hydroxylation is 1. The molecule has 1 aliphatic rings. The second kappa shape index (κ2) is 11.4. The summed E-state index contributed by atoms with van der Waals surface area (Å²) in [4.78, 5) is 40.1. The van der Waals surface area contributed by atoms with E-state index in [1.54, 1.807) is 23.1 Å². The number of carbonyl (C=O) groups excluding carboxylic acids is 3. The van der Waals surface area contributed by atoms with E-state index < -0.39 is 17.8 Å². The fraction of sp³-hybridized carbons (Fsp3) is 0.423. The van der Waals surface area contributed by atoms with Crippen LogP contribution in [0.2, 0.25) is 0 Å². The maximum Gasteiger partial charge on any atom is 0.416 e. The molecule has 0 aromatic heterocycles. The quantitative estimate of drug-likeness (QED) is 0.612. The van der Waals surface area contributed by atoms with Gasteiger partial charge in [0.1, 0.15) is 6.04 Å². The van der Waals surface area contributed by atoms with E-state index in [-0.39, 0.29) is 29.2 Å². The molecule has 3 amide bonds. The van der Waals surface area contributed by atoms with E-state index >= 15 is 0 Å². The molecule has 6 nitrogen and oxygen atoms in total. The van der Waals surface area contributed by atoms with Crippen molar-refractivity contribution in [1.29, 1.82) is 0 Å². The van der Waals surface area contributed by atoms with Gasteiger partial charge in [-0.1, -0.05) is 24.6 Å². The largest absolute Gasteiger partial charge is 0.416 e. The molecule has 1 saturated heterocycles. The molecule has 1 heterocycles. The van der Waals surface area contributed by atoms with Gasteiger partial charge in [0.05, 0.1) is 5.56 Å². The van der Waals surface area contributed by atoms with Crippen LogP contribution < -0.4 is 10.6 Å². The number of carbonyl (C=O) groups is 3. The van der Waals surface area contributed by atoms with Crippen molar-refractivity contribution in [3.05, 3.63) is 70.8 Å². The molecule has 3 rings (SSSR count). The zero-order chi connectivity index (χ0) is 25.6. The number of alkyl halides is 3. The second-order valence-corrected chi connectivity index (χ2v) is 8.82. The number of halogens is 3. The van der Waals surface area contributed by atoms with Gasteiger partial charge in [-0.25, -0.2) is 0 Å². The topological polar surface area (TPSA) is 78.5 Å². The summed E-state index contributed by atoms with van der Waals surface area (Å²) in [6.07, 6.45) is -2.75. The fourth-order valence-corrected chi connectivity index (χ4v) is 4.19. The van der Waals surface area contributed by atoms with E-state index in [2.05, 4.69) is 10.6 Å². The van der Waals surface area contributed by atoms with Crippen LogP contribution in [0.25, 0.3) is 0 Å². The van der Waals surface area contributed by atoms with E-state index in [0.29, 0.717) is 38.0 Å². The minimum Gasteiger partial charge on any atom is -0.354 e. The molecule has 0 bridgehead atoms. The van der Waals surface area contributed by atoms with Crippen molar-refractivity contribution in [2.24, 2.45) is 5.92 Å². The molecule has 0 unspecified atom stereocenters. The molecule has 2 aromatic carbocycles. The van der Waals surface area contributed by atoms with Gasteiger partial charge in [-0.3, -0.25) is 14.4 Å². The maximum atomic E-state index is 12.9. The van der Waals surface area contributed by atoms with Gasteiger partial charge in [-0.15, -0.1) is 0 Å². The Bertz CT molecular complexity index is 1050. The van der Waals surface area contributed by atoms with Gasteiger partial charge in [-0.2, -0.15) is 13.2 Å². The van der Waals surface area contributed by atoms with Crippen LogP contribution in [0.3, 0.4) is 0 Å². The summed E-state index contributed by atoms with van der Waals surface area (Å²) in [5.41, 5.74) is 0.771. The van der Waals surface area contributed by atoms with Crippen LogP contribution >= 0.6 is 0 Å². The predicted molar refractivity (Wildman–Crippen MR) is 126 cm³/mol. The summed E-state index contributed by atoms with van der Waals surface area (Å²) < 4.78 is 38.4. The molecule has 35 heavy (non-hydrogen) atoms. The van der Waals surface area contributed by atoms with Gasteiger partial charge in [-0.05, 0) is 68.5 Å². The van der Waals surface area contributed by atoms with Crippen LogP contribution in [0.15, 0.2) is 48.5 Å². The van der Waals surface area contributed by atoms with Gasteiger partial charge in [0.2, 0.25) is 5.91 Å². The lowest BCUT2D eigenvalue weighted by Crippen LogP contribution is -2.54. The minimum absolute atomic E-state index is 0.182. The summed E-state index contributed by atoms with van der Waals surface area (Å²) in [7, 11) is 0. The third-order valence-corrected chi connectivity index (χ3v) is 6.16. The van der Waals surface area contributed by atoms with Crippen LogP contribution in [-0.4, -0.2) is 48.3 Å². The van der Waals surface area contributed by atoms with E-state index in [4.69, 9.17) is 0 Å². The highest BCUT2D eigenvalue weighted by Gasteiger charge is 2.35. The molecule has 0 saturated carbocycles. The highest BCUT2D eigenvalue weighted by atomic mass is 19.4. The van der Waals surface area contributed by atoms with Gasteiger partial charge >= 0.3 is 6.18 Å². The van der Waals surface area contributed by atoms with Crippen LogP contribution in [0.1, 0.15) is 58.0 Å². The molecule has 1 atom stereocenters. The number of nitrogens with one attached hydrogen (secondary N) is 2. The number of hydrogen-bond acceptors (Lipinski definition) is 3. The Morgan fingerprint density at radius 2 is 1.69 bits per heavy atom. The molecule has 2 N–H and O–H groups in total. The molecular formula is C26H30F3N3O3. The van der Waals surface area contributed by atoms with Crippen molar-refractivity contribution < 1.29 is 27.6 Å². The Morgan fingerprint density at radius 1 is 1.03 bits per heavy atom. The Balaban J connectivity index is 1.67. The van der Waals surface area contributed by atoms with E-state index in [9.17, 15) is 27.6 Å². The van der Waals surface area contributed by atoms with Crippen molar-refractivity contribution in [3.63, 3.8) is 0 Å². The van der Waals surface area contributed by atoms with Gasteiger partial charge in [0, 0.05) is 30.8 Å². The van der Waals surface area contributed by atoms with Crippen molar-refractivity contribution >= 4 is 17.7 Å². The Hall–Kier alpha value is -3.36. The lowest BCUT2D eigenvalue weighted by molar-refractivity contribution is -0.137. The summed E-state index contributed by atoms with van der Waals surface area (Å²) in [6, 6.07) is 10.5. The lowest BCUT2D eigenvalue weighted by Gasteiger charge is -2.36. The lowest BCUT2D eigenvalue weighted by atomic mass is 9.88. The number of nitrogens with zero attached hydrogens (tertiary/aromatic N) is 1. The fourth-order valence-electron chi connectivity index (χ4n) is 4.19. The molecule has 188 valence electrons. The van der Waals surface area contributed by atoms with E-state index in [1.165, 1.54) is 12.1 Å². The maximum absolute atomic E-state index is 12.9. The Kier molecular flexibility index (Phi) is 8.53. The van der Waals surface area contributed by atoms with Crippen molar-refractivity contribution in [1.82, 2.24) is 15.5 Å². The third kappa shape index (κ3) is 6.83. The van der Waals surface area contributed by atoms with Crippen LogP contribution in [-0.2, 0) is 11.0 Å². The summed E-state index contributed by atoms with van der Waals surface area (Å²) in [5, 5.41) is 5.72. The van der Waals surface area contributed by atoms with Crippen LogP contribution in [0, 0.1) is 12.8 Å². The Morgan fingerprint density at radius 3 is 2.26 bits per heavy atom. The van der Waals surface area contributed by atoms with Gasteiger partial charge in [0.25, 0.3) is 11.8 Å². The molecule has 2 aromatic rings. The van der Waals surface area contributed by atoms with E-state index in [1.807, 2.05) is 19.9 Å². The number of rotatable bonds is 7. The van der Waals surface area contributed by atoms with Crippen LogP contribution in [0.4, 0.5) is 13.2 Å². The molecule has 9 heteroatoms. The molecular weight excluding hydrogens is 459 g/mol. The number of hydrogen-bond donors (Lipinski definition) is 2. The van der Waals surface area contributed by atoms with Crippen molar-refractivity contribution in [3.8, 4) is 0 Å². The van der Waals surface area contributed by atoms with Gasteiger partial charge in [0.15, 0.2) is 0 Å². The molecule has 0 spiro atoms. The average molecular weight is 490 g/mol. The standard InChI is InChI=1S/C26H30F3N3O3/c1-3-13-30-24(34)22(31-23(33)20-6-4-5-17(2)16-20)18-11-14-32(15-12-18)25(35)19-7-9-21(10-8-19)26(27,28)29/h4-10,16,18,22H,3,11-15H2,1-2H3,(H,30,34)(H,31,33)/t22-/m1/s1. The number of amides is 3. The van der Waals surface area contributed by atoms with Crippen molar-refractivity contribution in [2.75, 3.05) is 19.6 Å². The highest BCUT2D eigenvalue weighted by Crippen LogP contribution is 2.29. The molecule has 0 radical (unpaired) electrons. The highest BCUT2D eigenvalue weighted by molar-refractivity contribution is 5.98. The normalized spacial score (nSPS) is 15.4. The monoisotopic (exact) mass is 489 g/mol. The first-order valence-corrected chi connectivity index (χ1v) is 11.7. The minimum atomic E-state index is -4.46. The number of benzene rings is 2. The summed E-state index contributed by atoms with van der Waals surface area (Å²) >= 11 is 0. The molecule has 1 fully saturated rings. The third-order valence-electron chi connectivity index (χ3n) is 6.16. The number of piperidine rings is 1. The van der Waals surface area contributed by atoms with E-state index in [0.717, 1.165) is 24.1 Å². The molecule has 1 aliphatic heterocycles. The van der Waals surface area contributed by atoms with Crippen LogP contribution in [0.5, 0.6) is 0 Å². The SMILES string of the molecule is CCCNC(=O)[C@H](NC(=O)c1cccc(C)c1)C1CCN(C(=O)c2ccc(C(F)(F)F)cc2)CC1. The zero-order valence-electron chi connectivity index (χ0n) is 19.8. The number of likely N-dealkylation sites (tertiary alicyclic amines) is 1. The first-order chi connectivity index (χ1) is 16.6. The smallest absolute Gasteiger partial charge is 0.354 e. The second-order valence-electron chi connectivity index (χ2n) is 8.82. The van der Waals surface area contributed by atoms with Crippen molar-refractivity contribution in [2.45, 2.75) is 45.3 Å². The Labute approximate surface area is 202 Å². The van der Waals surface area contributed by atoms with Gasteiger partial charge < -0.3 is 15.5 Å². The zero-order valence-corrected chi connectivity index (χ0v) is 19.8. The first kappa shape index (κ1) is 26.2. The first-order valence-electron chi connectivity index (χ1n) is 11.7. The average Bonchev–Trinajstić information content (AvgIpc) is 2.85.